The highest BCUT2D eigenvalue weighted by atomic mass is 16.5. The number of esters is 1. The second kappa shape index (κ2) is 45.3. The van der Waals surface area contributed by atoms with Crippen molar-refractivity contribution in [3.63, 3.8) is 0 Å². The molecule has 0 bridgehead atoms. The average molecular weight is 778 g/mol. The molecule has 0 radical (unpaired) electrons. The van der Waals surface area contributed by atoms with Gasteiger partial charge < -0.3 is 20.3 Å². The third-order valence-electron chi connectivity index (χ3n) is 11.3. The molecule has 326 valence electrons. The van der Waals surface area contributed by atoms with Crippen molar-refractivity contribution in [1.82, 2.24) is 5.32 Å². The highest BCUT2D eigenvalue weighted by molar-refractivity contribution is 5.76. The zero-order valence-corrected chi connectivity index (χ0v) is 36.9. The molecule has 0 aliphatic carbocycles. The van der Waals surface area contributed by atoms with Gasteiger partial charge in [0.1, 0.15) is 0 Å². The molecule has 0 heterocycles. The Morgan fingerprint density at radius 3 is 1.29 bits per heavy atom. The number of amides is 1. The lowest BCUT2D eigenvalue weighted by Gasteiger charge is -2.22. The summed E-state index contributed by atoms with van der Waals surface area (Å²) in [7, 11) is 0. The van der Waals surface area contributed by atoms with E-state index in [0.717, 1.165) is 51.4 Å². The van der Waals surface area contributed by atoms with Gasteiger partial charge in [-0.05, 0) is 51.4 Å². The monoisotopic (exact) mass is 778 g/mol. The number of nitrogens with one attached hydrogen (secondary N) is 1. The highest BCUT2D eigenvalue weighted by Gasteiger charge is 2.20. The van der Waals surface area contributed by atoms with Gasteiger partial charge in [-0.2, -0.15) is 0 Å². The Labute approximate surface area is 342 Å². The minimum atomic E-state index is -0.670. The summed E-state index contributed by atoms with van der Waals surface area (Å²) >= 11 is 0. The van der Waals surface area contributed by atoms with E-state index in [2.05, 4.69) is 31.3 Å². The van der Waals surface area contributed by atoms with Crippen molar-refractivity contribution in [1.29, 1.82) is 0 Å². The van der Waals surface area contributed by atoms with Crippen molar-refractivity contribution in [2.45, 2.75) is 276 Å². The molecule has 0 aliphatic rings. The van der Waals surface area contributed by atoms with Crippen LogP contribution in [0.1, 0.15) is 264 Å². The third kappa shape index (κ3) is 42.0. The number of allylic oxidation sites excluding steroid dienone is 2. The molecule has 0 rings (SSSR count). The number of hydrogen-bond acceptors (Lipinski definition) is 5. The van der Waals surface area contributed by atoms with Gasteiger partial charge in [0.2, 0.25) is 5.91 Å². The molecule has 0 fully saturated rings. The molecule has 55 heavy (non-hydrogen) atoms. The van der Waals surface area contributed by atoms with Gasteiger partial charge in [0.05, 0.1) is 25.4 Å². The molecule has 0 spiro atoms. The summed E-state index contributed by atoms with van der Waals surface area (Å²) in [4.78, 5) is 24.4. The van der Waals surface area contributed by atoms with Gasteiger partial charge in [-0.15, -0.1) is 0 Å². The van der Waals surface area contributed by atoms with Crippen molar-refractivity contribution in [2.24, 2.45) is 0 Å². The first kappa shape index (κ1) is 53.6. The molecular formula is C49H95NO5. The number of aliphatic hydroxyl groups is 2. The second-order valence-electron chi connectivity index (χ2n) is 16.8. The Hall–Kier alpha value is -1.40. The van der Waals surface area contributed by atoms with Gasteiger partial charge in [-0.25, -0.2) is 0 Å². The Morgan fingerprint density at radius 1 is 0.491 bits per heavy atom. The lowest BCUT2D eigenvalue weighted by atomic mass is 10.0. The molecule has 6 nitrogen and oxygen atoms in total. The van der Waals surface area contributed by atoms with Crippen LogP contribution < -0.4 is 5.32 Å². The Bertz CT molecular complexity index is 817. The van der Waals surface area contributed by atoms with E-state index in [-0.39, 0.29) is 18.5 Å². The average Bonchev–Trinajstić information content (AvgIpc) is 3.18. The second-order valence-corrected chi connectivity index (χ2v) is 16.8. The maximum atomic E-state index is 12.4. The first-order valence-electron chi connectivity index (χ1n) is 24.4. The van der Waals surface area contributed by atoms with Crippen LogP contribution in [0.2, 0.25) is 0 Å². The molecule has 0 saturated carbocycles. The number of aliphatic hydroxyl groups excluding tert-OH is 2. The fraction of sp³-hybridized carbons (Fsp3) is 0.918. The van der Waals surface area contributed by atoms with Crippen LogP contribution >= 0.6 is 0 Å². The van der Waals surface area contributed by atoms with Crippen molar-refractivity contribution in [3.05, 3.63) is 12.2 Å². The Balaban J connectivity index is 3.42. The number of carbonyl (C=O) groups excluding carboxylic acids is 2. The number of ether oxygens (including phenoxy) is 1. The molecule has 2 unspecified atom stereocenters. The van der Waals surface area contributed by atoms with E-state index in [1.54, 1.807) is 0 Å². The molecule has 0 aliphatic heterocycles. The zero-order valence-electron chi connectivity index (χ0n) is 36.9. The fourth-order valence-corrected chi connectivity index (χ4v) is 7.51. The first-order valence-corrected chi connectivity index (χ1v) is 24.4. The number of unbranched alkanes of at least 4 members (excludes halogenated alkanes) is 32. The van der Waals surface area contributed by atoms with E-state index < -0.39 is 12.1 Å². The number of rotatable bonds is 45. The van der Waals surface area contributed by atoms with Crippen LogP contribution in [0.5, 0.6) is 0 Å². The van der Waals surface area contributed by atoms with Gasteiger partial charge in [-0.3, -0.25) is 9.59 Å². The summed E-state index contributed by atoms with van der Waals surface area (Å²) in [6.45, 7) is 4.89. The van der Waals surface area contributed by atoms with Crippen LogP contribution in [0.15, 0.2) is 12.2 Å². The van der Waals surface area contributed by atoms with Gasteiger partial charge in [-0.1, -0.05) is 212 Å². The largest absolute Gasteiger partial charge is 0.466 e. The standard InChI is InChI=1S/C49H95NO5/c1-3-5-7-9-11-13-14-15-16-17-20-23-27-31-35-39-43-49(54)55-44-40-36-32-28-24-21-18-19-22-26-30-34-38-42-48(53)50-46(45-51)47(52)41-37-33-29-25-12-10-8-6-4-2/h16-17,46-47,51-52H,3-15,18-45H2,1-2H3,(H,50,53)/b17-16-. The van der Waals surface area contributed by atoms with Gasteiger partial charge in [0.25, 0.3) is 0 Å². The molecule has 3 N–H and O–H groups in total. The lowest BCUT2D eigenvalue weighted by molar-refractivity contribution is -0.143. The van der Waals surface area contributed by atoms with Crippen LogP contribution in [0.25, 0.3) is 0 Å². The van der Waals surface area contributed by atoms with Crippen molar-refractivity contribution in [2.75, 3.05) is 13.2 Å². The number of hydrogen-bond donors (Lipinski definition) is 3. The zero-order chi connectivity index (χ0) is 40.1. The quantitative estimate of drug-likeness (QED) is 0.0325. The van der Waals surface area contributed by atoms with E-state index in [9.17, 15) is 19.8 Å². The van der Waals surface area contributed by atoms with E-state index >= 15 is 0 Å². The van der Waals surface area contributed by atoms with Gasteiger partial charge >= 0.3 is 5.97 Å². The van der Waals surface area contributed by atoms with Gasteiger partial charge in [0, 0.05) is 12.8 Å². The van der Waals surface area contributed by atoms with Crippen LogP contribution in [0, 0.1) is 0 Å². The predicted octanol–water partition coefficient (Wildman–Crippen LogP) is 14.2. The summed E-state index contributed by atoms with van der Waals surface area (Å²) in [5.74, 6) is -0.0638. The highest BCUT2D eigenvalue weighted by Crippen LogP contribution is 2.16. The molecule has 6 heteroatoms. The molecule has 2 atom stereocenters. The van der Waals surface area contributed by atoms with Crippen LogP contribution in [-0.2, 0) is 14.3 Å². The maximum absolute atomic E-state index is 12.4. The third-order valence-corrected chi connectivity index (χ3v) is 11.3. The van der Waals surface area contributed by atoms with Crippen LogP contribution in [0.4, 0.5) is 0 Å². The summed E-state index contributed by atoms with van der Waals surface area (Å²) < 4.78 is 5.46. The van der Waals surface area contributed by atoms with Crippen LogP contribution in [-0.4, -0.2) is 47.4 Å². The van der Waals surface area contributed by atoms with E-state index in [4.69, 9.17) is 4.74 Å². The predicted molar refractivity (Wildman–Crippen MR) is 237 cm³/mol. The molecule has 0 aromatic carbocycles. The Kier molecular flexibility index (Phi) is 44.2. The fourth-order valence-electron chi connectivity index (χ4n) is 7.51. The lowest BCUT2D eigenvalue weighted by Crippen LogP contribution is -2.45. The minimum Gasteiger partial charge on any atom is -0.466 e. The van der Waals surface area contributed by atoms with E-state index in [1.165, 1.54) is 180 Å². The topological polar surface area (TPSA) is 95.9 Å². The smallest absolute Gasteiger partial charge is 0.305 e. The maximum Gasteiger partial charge on any atom is 0.305 e. The molecule has 0 saturated heterocycles. The molecular weight excluding hydrogens is 683 g/mol. The van der Waals surface area contributed by atoms with Crippen molar-refractivity contribution < 1.29 is 24.5 Å². The SMILES string of the molecule is CCCCCCCCC/C=C\CCCCCCCC(=O)OCCCCCCCCCCCCCCCC(=O)NC(CO)C(O)CCCCCCCCCCC. The first-order chi connectivity index (χ1) is 27.0. The summed E-state index contributed by atoms with van der Waals surface area (Å²) in [6, 6.07) is -0.548. The Morgan fingerprint density at radius 2 is 0.855 bits per heavy atom. The van der Waals surface area contributed by atoms with Gasteiger partial charge in [0.15, 0.2) is 0 Å². The summed E-state index contributed by atoms with van der Waals surface area (Å²) in [5, 5.41) is 23.0. The molecule has 0 aromatic rings. The van der Waals surface area contributed by atoms with Crippen molar-refractivity contribution in [3.8, 4) is 0 Å². The van der Waals surface area contributed by atoms with E-state index in [1.807, 2.05) is 0 Å². The summed E-state index contributed by atoms with van der Waals surface area (Å²) in [6.07, 6.45) is 50.3. The summed E-state index contributed by atoms with van der Waals surface area (Å²) in [5.41, 5.74) is 0. The number of carbonyl (C=O) groups is 2. The van der Waals surface area contributed by atoms with E-state index in [0.29, 0.717) is 25.9 Å². The molecule has 0 aromatic heterocycles. The molecule has 1 amide bonds. The minimum absolute atomic E-state index is 0.0132. The van der Waals surface area contributed by atoms with Crippen molar-refractivity contribution >= 4 is 11.9 Å². The van der Waals surface area contributed by atoms with Crippen LogP contribution in [0.3, 0.4) is 0 Å². The normalized spacial score (nSPS) is 12.7.